The summed E-state index contributed by atoms with van der Waals surface area (Å²) in [6.45, 7) is 0.692. The molecule has 0 heterocycles. The molecule has 0 aliphatic heterocycles. The third-order valence-electron chi connectivity index (χ3n) is 2.96. The topological polar surface area (TPSA) is 93.9 Å². The average molecular weight is 270 g/mol. The molecule has 0 fully saturated rings. The van der Waals surface area contributed by atoms with Gasteiger partial charge in [-0.2, -0.15) is 10.5 Å². The zero-order chi connectivity index (χ0) is 14.8. The molecule has 0 aliphatic rings. The summed E-state index contributed by atoms with van der Waals surface area (Å²) >= 11 is 0. The highest BCUT2D eigenvalue weighted by atomic mass is 16.2. The zero-order valence-corrected chi connectivity index (χ0v) is 11.3. The lowest BCUT2D eigenvalue weighted by Gasteiger charge is -2.22. The Bertz CT molecular complexity index is 483. The summed E-state index contributed by atoms with van der Waals surface area (Å²) in [7, 11) is 0. The van der Waals surface area contributed by atoms with Crippen LogP contribution in [0.5, 0.6) is 0 Å². The fraction of sp³-hybridized carbons (Fsp3) is 0.400. The summed E-state index contributed by atoms with van der Waals surface area (Å²) < 4.78 is 0. The molecule has 5 heteroatoms. The van der Waals surface area contributed by atoms with Crippen LogP contribution >= 0.6 is 0 Å². The molecule has 2 N–H and O–H groups in total. The van der Waals surface area contributed by atoms with E-state index in [9.17, 15) is 4.79 Å². The van der Waals surface area contributed by atoms with E-state index in [2.05, 4.69) is 0 Å². The van der Waals surface area contributed by atoms with Crippen LogP contribution in [0.1, 0.15) is 30.9 Å². The van der Waals surface area contributed by atoms with E-state index in [1.165, 1.54) is 4.90 Å². The largest absolute Gasteiger partial charge is 0.341 e. The third kappa shape index (κ3) is 5.09. The highest BCUT2D eigenvalue weighted by molar-refractivity contribution is 5.77. The second kappa shape index (κ2) is 8.68. The van der Waals surface area contributed by atoms with Crippen molar-refractivity contribution in [2.75, 3.05) is 13.1 Å². The average Bonchev–Trinajstić information content (AvgIpc) is 2.48. The molecule has 0 saturated heterocycles. The van der Waals surface area contributed by atoms with Crippen molar-refractivity contribution in [3.8, 4) is 12.1 Å². The van der Waals surface area contributed by atoms with Crippen LogP contribution in [0.15, 0.2) is 30.3 Å². The molecule has 0 saturated carbocycles. The summed E-state index contributed by atoms with van der Waals surface area (Å²) in [6.07, 6.45) is 0.705. The van der Waals surface area contributed by atoms with E-state index in [1.807, 2.05) is 42.5 Å². The Labute approximate surface area is 119 Å². The molecule has 1 aromatic carbocycles. The Kier molecular flexibility index (Phi) is 6.81. The first kappa shape index (κ1) is 15.7. The van der Waals surface area contributed by atoms with Crippen LogP contribution in [0.4, 0.5) is 0 Å². The third-order valence-corrected chi connectivity index (χ3v) is 2.96. The Morgan fingerprint density at radius 2 is 1.70 bits per heavy atom. The number of nitrogens with two attached hydrogens (primary N) is 1. The molecule has 1 aromatic rings. The lowest BCUT2D eigenvalue weighted by atomic mass is 10.0. The van der Waals surface area contributed by atoms with E-state index < -0.39 is 0 Å². The first-order valence-corrected chi connectivity index (χ1v) is 6.51. The Morgan fingerprint density at radius 3 is 2.20 bits per heavy atom. The van der Waals surface area contributed by atoms with Crippen LogP contribution in [0.3, 0.4) is 0 Å². The van der Waals surface area contributed by atoms with Gasteiger partial charge < -0.3 is 10.6 Å². The predicted octanol–water partition coefficient (Wildman–Crippen LogP) is 1.73. The maximum Gasteiger partial charge on any atom is 0.224 e. The first-order chi connectivity index (χ1) is 9.69. The van der Waals surface area contributed by atoms with E-state index in [-0.39, 0.29) is 31.2 Å². The minimum Gasteiger partial charge on any atom is -0.341 e. The summed E-state index contributed by atoms with van der Waals surface area (Å²) in [5.41, 5.74) is 6.92. The van der Waals surface area contributed by atoms with Gasteiger partial charge in [0.25, 0.3) is 0 Å². The number of rotatable bonds is 7. The lowest BCUT2D eigenvalue weighted by molar-refractivity contribution is -0.131. The van der Waals surface area contributed by atoms with Crippen LogP contribution in [0.25, 0.3) is 0 Å². The van der Waals surface area contributed by atoms with Gasteiger partial charge in [0.1, 0.15) is 0 Å². The predicted molar refractivity (Wildman–Crippen MR) is 75.0 cm³/mol. The maximum atomic E-state index is 12.2. The monoisotopic (exact) mass is 270 g/mol. The molecule has 0 bridgehead atoms. The molecule has 1 unspecified atom stereocenters. The van der Waals surface area contributed by atoms with Crippen molar-refractivity contribution in [3.63, 3.8) is 0 Å². The fourth-order valence-electron chi connectivity index (χ4n) is 1.87. The standard InChI is InChI=1S/C15H18N4O/c16-8-4-10-19(11-5-9-17)15(20)12-14(18)13-6-2-1-3-7-13/h1-3,6-7,14H,4-5,10-12,18H2. The molecule has 1 rings (SSSR count). The summed E-state index contributed by atoms with van der Waals surface area (Å²) in [5.74, 6) is -0.119. The maximum absolute atomic E-state index is 12.2. The molecule has 1 atom stereocenters. The van der Waals surface area contributed by atoms with Crippen molar-refractivity contribution >= 4 is 5.91 Å². The van der Waals surface area contributed by atoms with Crippen LogP contribution < -0.4 is 5.73 Å². The summed E-state index contributed by atoms with van der Waals surface area (Å²) in [5, 5.41) is 17.2. The minimum atomic E-state index is -0.365. The molecule has 0 aromatic heterocycles. The molecule has 104 valence electrons. The van der Waals surface area contributed by atoms with Gasteiger partial charge >= 0.3 is 0 Å². The van der Waals surface area contributed by atoms with Crippen molar-refractivity contribution < 1.29 is 4.79 Å². The van der Waals surface area contributed by atoms with E-state index >= 15 is 0 Å². The quantitative estimate of drug-likeness (QED) is 0.816. The minimum absolute atomic E-state index is 0.119. The number of nitriles is 2. The smallest absolute Gasteiger partial charge is 0.224 e. The van der Waals surface area contributed by atoms with Gasteiger partial charge in [-0.3, -0.25) is 4.79 Å². The fourth-order valence-corrected chi connectivity index (χ4v) is 1.87. The molecule has 0 spiro atoms. The van der Waals surface area contributed by atoms with E-state index in [1.54, 1.807) is 0 Å². The summed E-state index contributed by atoms with van der Waals surface area (Å²) in [4.78, 5) is 13.7. The number of hydrogen-bond acceptors (Lipinski definition) is 4. The van der Waals surface area contributed by atoms with Gasteiger partial charge in [0.15, 0.2) is 0 Å². The SMILES string of the molecule is N#CCCN(CCC#N)C(=O)CC(N)c1ccccc1. The molecular weight excluding hydrogens is 252 g/mol. The van der Waals surface area contributed by atoms with Crippen molar-refractivity contribution in [3.05, 3.63) is 35.9 Å². The number of amides is 1. The molecular formula is C15H18N4O. The van der Waals surface area contributed by atoms with Gasteiger partial charge in [0.05, 0.1) is 25.0 Å². The normalized spacial score (nSPS) is 11.2. The number of hydrogen-bond donors (Lipinski definition) is 1. The highest BCUT2D eigenvalue weighted by Crippen LogP contribution is 2.15. The number of carbonyl (C=O) groups is 1. The second-order valence-electron chi connectivity index (χ2n) is 4.42. The summed E-state index contributed by atoms with van der Waals surface area (Å²) in [6, 6.07) is 13.1. The Hall–Kier alpha value is -2.37. The van der Waals surface area contributed by atoms with Gasteiger partial charge in [-0.15, -0.1) is 0 Å². The number of nitrogens with zero attached hydrogens (tertiary/aromatic N) is 3. The van der Waals surface area contributed by atoms with Crippen molar-refractivity contribution in [1.82, 2.24) is 4.90 Å². The van der Waals surface area contributed by atoms with E-state index in [0.717, 1.165) is 5.56 Å². The van der Waals surface area contributed by atoms with Crippen LogP contribution in [0, 0.1) is 22.7 Å². The zero-order valence-electron chi connectivity index (χ0n) is 11.3. The van der Waals surface area contributed by atoms with Gasteiger partial charge in [-0.1, -0.05) is 30.3 Å². The van der Waals surface area contributed by atoms with Crippen LogP contribution in [-0.2, 0) is 4.79 Å². The van der Waals surface area contributed by atoms with Crippen molar-refractivity contribution in [2.24, 2.45) is 5.73 Å². The molecule has 0 radical (unpaired) electrons. The van der Waals surface area contributed by atoms with E-state index in [4.69, 9.17) is 16.3 Å². The molecule has 20 heavy (non-hydrogen) atoms. The first-order valence-electron chi connectivity index (χ1n) is 6.51. The highest BCUT2D eigenvalue weighted by Gasteiger charge is 2.17. The van der Waals surface area contributed by atoms with Crippen molar-refractivity contribution in [1.29, 1.82) is 10.5 Å². The Balaban J connectivity index is 2.61. The van der Waals surface area contributed by atoms with Crippen LogP contribution in [-0.4, -0.2) is 23.9 Å². The molecule has 0 aliphatic carbocycles. The molecule has 5 nitrogen and oxygen atoms in total. The number of benzene rings is 1. The van der Waals surface area contributed by atoms with Gasteiger partial charge in [0, 0.05) is 25.6 Å². The number of carbonyl (C=O) groups excluding carboxylic acids is 1. The lowest BCUT2D eigenvalue weighted by Crippen LogP contribution is -2.34. The second-order valence-corrected chi connectivity index (χ2v) is 4.42. The van der Waals surface area contributed by atoms with Gasteiger partial charge in [0.2, 0.25) is 5.91 Å². The van der Waals surface area contributed by atoms with E-state index in [0.29, 0.717) is 13.1 Å². The van der Waals surface area contributed by atoms with Crippen LogP contribution in [0.2, 0.25) is 0 Å². The Morgan fingerprint density at radius 1 is 1.15 bits per heavy atom. The van der Waals surface area contributed by atoms with Gasteiger partial charge in [-0.25, -0.2) is 0 Å². The molecule has 1 amide bonds. The van der Waals surface area contributed by atoms with Crippen molar-refractivity contribution in [2.45, 2.75) is 25.3 Å². The van der Waals surface area contributed by atoms with Gasteiger partial charge in [-0.05, 0) is 5.56 Å².